The van der Waals surface area contributed by atoms with Gasteiger partial charge in [-0.1, -0.05) is 36.4 Å². The number of hydrogen-bond acceptors (Lipinski definition) is 2. The van der Waals surface area contributed by atoms with Crippen molar-refractivity contribution in [1.82, 2.24) is 0 Å². The first-order valence-corrected chi connectivity index (χ1v) is 14.2. The predicted molar refractivity (Wildman–Crippen MR) is 90.1 cm³/mol. The number of carboxylic acids is 2. The van der Waals surface area contributed by atoms with Crippen molar-refractivity contribution in [3.8, 4) is 0 Å². The van der Waals surface area contributed by atoms with E-state index in [1.807, 2.05) is 0 Å². The summed E-state index contributed by atoms with van der Waals surface area (Å²) >= 11 is -0.450. The fourth-order valence-electron chi connectivity index (χ4n) is 1.16. The Morgan fingerprint density at radius 2 is 0.909 bits per heavy atom. The Balaban J connectivity index is 0.000000326. The molecule has 0 bridgehead atoms. The quantitative estimate of drug-likeness (QED) is 0.729. The minimum atomic E-state index is -0.879. The van der Waals surface area contributed by atoms with Crippen molar-refractivity contribution < 1.29 is 19.8 Å². The van der Waals surface area contributed by atoms with Crippen molar-refractivity contribution in [2.75, 3.05) is 0 Å². The van der Waals surface area contributed by atoms with Gasteiger partial charge in [-0.2, -0.15) is 0 Å². The summed E-state index contributed by atoms with van der Waals surface area (Å²) in [7, 11) is 0. The van der Waals surface area contributed by atoms with Gasteiger partial charge in [0, 0.05) is 0 Å². The van der Waals surface area contributed by atoms with E-state index in [0.29, 0.717) is 11.1 Å². The van der Waals surface area contributed by atoms with E-state index in [1.54, 1.807) is 60.7 Å². The van der Waals surface area contributed by atoms with Gasteiger partial charge < -0.3 is 10.2 Å². The molecule has 0 aromatic heterocycles. The fraction of sp³-hybridized carbons (Fsp3) is 0.176. The molecule has 0 heterocycles. The van der Waals surface area contributed by atoms with Crippen molar-refractivity contribution in [3.63, 3.8) is 0 Å². The van der Waals surface area contributed by atoms with Crippen molar-refractivity contribution in [2.45, 2.75) is 14.6 Å². The third-order valence-corrected chi connectivity index (χ3v) is 2.04. The predicted octanol–water partition coefficient (Wildman–Crippen LogP) is 4.14. The number of aromatic carboxylic acids is 2. The molecule has 22 heavy (non-hydrogen) atoms. The summed E-state index contributed by atoms with van der Waals surface area (Å²) in [6, 6.07) is 16.6. The summed E-state index contributed by atoms with van der Waals surface area (Å²) in [4.78, 5) is 27.5. The Labute approximate surface area is 138 Å². The van der Waals surface area contributed by atoms with Gasteiger partial charge in [-0.25, -0.2) is 9.59 Å². The first-order chi connectivity index (χ1) is 10.3. The molecule has 0 aliphatic carbocycles. The SMILES string of the molecule is O=C(O)c1ccccc1.O=C(O)c1ccccc1.[CH3][Sb]([CH3])[CH3]. The maximum absolute atomic E-state index is 10.2. The van der Waals surface area contributed by atoms with Crippen LogP contribution in [0.25, 0.3) is 0 Å². The second kappa shape index (κ2) is 11.8. The zero-order chi connectivity index (χ0) is 17.0. The van der Waals surface area contributed by atoms with Crippen LogP contribution in [0.15, 0.2) is 60.7 Å². The molecule has 0 amide bonds. The Bertz CT molecular complexity index is 501. The van der Waals surface area contributed by atoms with Gasteiger partial charge in [0.05, 0.1) is 11.1 Å². The van der Waals surface area contributed by atoms with Crippen LogP contribution >= 0.6 is 0 Å². The molecular weight excluding hydrogens is 390 g/mol. The average Bonchev–Trinajstić information content (AvgIpc) is 2.49. The summed E-state index contributed by atoms with van der Waals surface area (Å²) in [5.74, 6) is -1.76. The van der Waals surface area contributed by atoms with Crippen molar-refractivity contribution >= 4 is 32.1 Å². The second-order valence-electron chi connectivity index (χ2n) is 4.68. The van der Waals surface area contributed by atoms with E-state index in [0.717, 1.165) is 0 Å². The van der Waals surface area contributed by atoms with Crippen molar-refractivity contribution in [3.05, 3.63) is 71.8 Å². The molecule has 4 nitrogen and oxygen atoms in total. The van der Waals surface area contributed by atoms with Gasteiger partial charge >= 0.3 is 46.8 Å². The monoisotopic (exact) mass is 410 g/mol. The van der Waals surface area contributed by atoms with Crippen molar-refractivity contribution in [2.24, 2.45) is 0 Å². The Kier molecular flexibility index (Phi) is 10.8. The third-order valence-electron chi connectivity index (χ3n) is 2.04. The summed E-state index contributed by atoms with van der Waals surface area (Å²) in [5, 5.41) is 16.8. The van der Waals surface area contributed by atoms with Crippen LogP contribution in [0.3, 0.4) is 0 Å². The molecule has 0 radical (unpaired) electrons. The van der Waals surface area contributed by atoms with Gasteiger partial charge in [0.1, 0.15) is 0 Å². The molecule has 0 aliphatic rings. The van der Waals surface area contributed by atoms with E-state index >= 15 is 0 Å². The number of carbonyl (C=O) groups is 2. The Morgan fingerprint density at radius 1 is 0.682 bits per heavy atom. The average molecular weight is 411 g/mol. The van der Waals surface area contributed by atoms with Crippen LogP contribution in [0.2, 0.25) is 14.6 Å². The summed E-state index contributed by atoms with van der Waals surface area (Å²) in [6.45, 7) is 0. The minimum absolute atomic E-state index is 0.331. The van der Waals surface area contributed by atoms with E-state index in [1.165, 1.54) is 0 Å². The van der Waals surface area contributed by atoms with Crippen LogP contribution in [0.4, 0.5) is 0 Å². The van der Waals surface area contributed by atoms with E-state index in [4.69, 9.17) is 10.2 Å². The van der Waals surface area contributed by atoms with Gasteiger partial charge in [-0.05, 0) is 24.3 Å². The van der Waals surface area contributed by atoms with Gasteiger partial charge in [0.15, 0.2) is 0 Å². The normalized spacial score (nSPS) is 8.91. The number of carboxylic acid groups (broad SMARTS) is 2. The summed E-state index contributed by atoms with van der Waals surface area (Å²) < 4.78 is 0. The standard InChI is InChI=1S/2C7H6O2.3CH3.Sb/c2*8-7(9)6-4-2-1-3-5-6;;;;/h2*1-5H,(H,8,9);3*1H3;. The third kappa shape index (κ3) is 10.9. The fourth-order valence-corrected chi connectivity index (χ4v) is 1.16. The number of hydrogen-bond donors (Lipinski definition) is 2. The zero-order valence-electron chi connectivity index (χ0n) is 12.9. The molecule has 0 spiro atoms. The van der Waals surface area contributed by atoms with Gasteiger partial charge in [-0.15, -0.1) is 0 Å². The number of rotatable bonds is 2. The number of benzene rings is 2. The van der Waals surface area contributed by atoms with Crippen LogP contribution in [0.5, 0.6) is 0 Å². The molecule has 0 fully saturated rings. The van der Waals surface area contributed by atoms with Gasteiger partial charge in [-0.3, -0.25) is 0 Å². The van der Waals surface area contributed by atoms with Crippen LogP contribution in [0.1, 0.15) is 20.7 Å². The molecule has 2 aromatic carbocycles. The van der Waals surface area contributed by atoms with Crippen LogP contribution in [-0.2, 0) is 0 Å². The van der Waals surface area contributed by atoms with Crippen LogP contribution in [0, 0.1) is 0 Å². The van der Waals surface area contributed by atoms with Crippen LogP contribution < -0.4 is 0 Å². The molecule has 0 saturated carbocycles. The molecule has 0 atom stereocenters. The molecule has 118 valence electrons. The molecule has 5 heteroatoms. The molecule has 0 aliphatic heterocycles. The molecule has 2 N–H and O–H groups in total. The zero-order valence-corrected chi connectivity index (χ0v) is 15.5. The molecule has 0 unspecified atom stereocenters. The van der Waals surface area contributed by atoms with E-state index in [2.05, 4.69) is 14.6 Å². The van der Waals surface area contributed by atoms with Gasteiger partial charge in [0.2, 0.25) is 0 Å². The van der Waals surface area contributed by atoms with E-state index < -0.39 is 32.1 Å². The first-order valence-electron chi connectivity index (χ1n) is 6.52. The maximum atomic E-state index is 10.2. The van der Waals surface area contributed by atoms with E-state index in [-0.39, 0.29) is 0 Å². The molecule has 2 aromatic rings. The van der Waals surface area contributed by atoms with Gasteiger partial charge in [0.25, 0.3) is 0 Å². The summed E-state index contributed by atoms with van der Waals surface area (Å²) in [6.07, 6.45) is 0. The van der Waals surface area contributed by atoms with Crippen molar-refractivity contribution in [1.29, 1.82) is 0 Å². The Morgan fingerprint density at radius 3 is 1.05 bits per heavy atom. The molecule has 0 saturated heterocycles. The molecule has 2 rings (SSSR count). The Hall–Kier alpha value is -1.80. The molecular formula is C17H21O4Sb. The summed E-state index contributed by atoms with van der Waals surface area (Å²) in [5.41, 5.74) is 0.662. The van der Waals surface area contributed by atoms with E-state index in [9.17, 15) is 9.59 Å². The second-order valence-corrected chi connectivity index (χ2v) is 12.3. The van der Waals surface area contributed by atoms with Crippen LogP contribution in [-0.4, -0.2) is 42.4 Å². The first kappa shape index (κ1) is 20.2. The topological polar surface area (TPSA) is 74.6 Å².